The molecule has 56 valence electrons. The van der Waals surface area contributed by atoms with Crippen molar-refractivity contribution >= 4 is 5.71 Å². The van der Waals surface area contributed by atoms with E-state index in [0.717, 1.165) is 0 Å². The van der Waals surface area contributed by atoms with Gasteiger partial charge in [-0.1, -0.05) is 12.7 Å². The number of aliphatic imine (C=N–C) groups is 1. The van der Waals surface area contributed by atoms with Crippen molar-refractivity contribution in [1.82, 2.24) is 0 Å². The molecule has 0 fully saturated rings. The zero-order valence-electron chi connectivity index (χ0n) is 6.20. The zero-order valence-corrected chi connectivity index (χ0v) is 6.20. The van der Waals surface area contributed by atoms with Gasteiger partial charge in [-0.3, -0.25) is 0 Å². The standard InChI is InChI=1S/C8H8N2O/c1-6-3-4-7(5-9)10-8(6,2)11/h3-4,11H,1H2,2H3. The highest BCUT2D eigenvalue weighted by atomic mass is 16.3. The molecular formula is C8H8N2O. The molecule has 1 N–H and O–H groups in total. The second kappa shape index (κ2) is 2.33. The Bertz CT molecular complexity index is 292. The van der Waals surface area contributed by atoms with Crippen LogP contribution in [0.5, 0.6) is 0 Å². The lowest BCUT2D eigenvalue weighted by Gasteiger charge is -2.21. The van der Waals surface area contributed by atoms with Gasteiger partial charge in [0.15, 0.2) is 5.72 Å². The smallest absolute Gasteiger partial charge is 0.180 e. The second-order valence-corrected chi connectivity index (χ2v) is 2.49. The van der Waals surface area contributed by atoms with Crippen LogP contribution in [0.4, 0.5) is 0 Å². The van der Waals surface area contributed by atoms with Gasteiger partial charge in [0.05, 0.1) is 0 Å². The Morgan fingerprint density at radius 1 is 1.73 bits per heavy atom. The van der Waals surface area contributed by atoms with Gasteiger partial charge < -0.3 is 5.11 Å². The predicted molar refractivity (Wildman–Crippen MR) is 42.0 cm³/mol. The number of dihydropyridines is 1. The van der Waals surface area contributed by atoms with E-state index in [-0.39, 0.29) is 5.71 Å². The topological polar surface area (TPSA) is 56.4 Å². The zero-order chi connectivity index (χ0) is 8.48. The number of allylic oxidation sites excluding steroid dienone is 1. The Morgan fingerprint density at radius 3 is 2.82 bits per heavy atom. The lowest BCUT2D eigenvalue weighted by atomic mass is 10.0. The Balaban J connectivity index is 3.05. The van der Waals surface area contributed by atoms with Crippen LogP contribution in [0, 0.1) is 11.3 Å². The first-order chi connectivity index (χ1) is 5.06. The molecule has 0 saturated carbocycles. The van der Waals surface area contributed by atoms with Crippen LogP contribution in [-0.4, -0.2) is 16.5 Å². The maximum atomic E-state index is 9.46. The van der Waals surface area contributed by atoms with Gasteiger partial charge in [-0.15, -0.1) is 0 Å². The normalized spacial score (nSPS) is 29.5. The molecule has 1 atom stereocenters. The monoisotopic (exact) mass is 148 g/mol. The van der Waals surface area contributed by atoms with Crippen molar-refractivity contribution < 1.29 is 5.11 Å². The highest BCUT2D eigenvalue weighted by Crippen LogP contribution is 2.21. The molecule has 0 radical (unpaired) electrons. The van der Waals surface area contributed by atoms with Crippen molar-refractivity contribution in [3.63, 3.8) is 0 Å². The van der Waals surface area contributed by atoms with Crippen LogP contribution >= 0.6 is 0 Å². The molecular weight excluding hydrogens is 140 g/mol. The summed E-state index contributed by atoms with van der Waals surface area (Å²) < 4.78 is 0. The van der Waals surface area contributed by atoms with E-state index in [1.807, 2.05) is 6.07 Å². The summed E-state index contributed by atoms with van der Waals surface area (Å²) in [6.07, 6.45) is 3.12. The van der Waals surface area contributed by atoms with E-state index in [1.165, 1.54) is 13.0 Å². The van der Waals surface area contributed by atoms with Gasteiger partial charge in [0.1, 0.15) is 11.8 Å². The third-order valence-electron chi connectivity index (χ3n) is 1.50. The van der Waals surface area contributed by atoms with E-state index in [4.69, 9.17) is 5.26 Å². The maximum Gasteiger partial charge on any atom is 0.180 e. The molecule has 0 bridgehead atoms. The van der Waals surface area contributed by atoms with Gasteiger partial charge in [-0.2, -0.15) is 5.26 Å². The summed E-state index contributed by atoms with van der Waals surface area (Å²) in [7, 11) is 0. The van der Waals surface area contributed by atoms with E-state index < -0.39 is 5.72 Å². The molecule has 1 rings (SSSR count). The van der Waals surface area contributed by atoms with Gasteiger partial charge in [-0.25, -0.2) is 4.99 Å². The molecule has 0 aromatic rings. The van der Waals surface area contributed by atoms with E-state index in [2.05, 4.69) is 11.6 Å². The Hall–Kier alpha value is -1.40. The van der Waals surface area contributed by atoms with Crippen LogP contribution < -0.4 is 0 Å². The average molecular weight is 148 g/mol. The van der Waals surface area contributed by atoms with Crippen molar-refractivity contribution in [2.45, 2.75) is 12.6 Å². The summed E-state index contributed by atoms with van der Waals surface area (Å²) in [5, 5.41) is 17.9. The minimum absolute atomic E-state index is 0.224. The van der Waals surface area contributed by atoms with E-state index in [1.54, 1.807) is 6.08 Å². The molecule has 11 heavy (non-hydrogen) atoms. The molecule has 3 heteroatoms. The number of hydrogen-bond donors (Lipinski definition) is 1. The Labute approximate surface area is 65.0 Å². The Morgan fingerprint density at radius 2 is 2.36 bits per heavy atom. The fourth-order valence-corrected chi connectivity index (χ4v) is 0.743. The fourth-order valence-electron chi connectivity index (χ4n) is 0.743. The lowest BCUT2D eigenvalue weighted by molar-refractivity contribution is 0.113. The van der Waals surface area contributed by atoms with Crippen LogP contribution in [0.3, 0.4) is 0 Å². The Kier molecular flexibility index (Phi) is 1.63. The molecule has 1 aliphatic heterocycles. The summed E-state index contributed by atoms with van der Waals surface area (Å²) in [5.41, 5.74) is -0.585. The predicted octanol–water partition coefficient (Wildman–Crippen LogP) is 0.785. The molecule has 1 heterocycles. The largest absolute Gasteiger partial charge is 0.366 e. The minimum Gasteiger partial charge on any atom is -0.366 e. The number of nitriles is 1. The summed E-state index contributed by atoms with van der Waals surface area (Å²) in [4.78, 5) is 3.74. The number of aliphatic hydroxyl groups is 1. The molecule has 1 aliphatic rings. The van der Waals surface area contributed by atoms with Crippen LogP contribution in [-0.2, 0) is 0 Å². The minimum atomic E-state index is -1.31. The van der Waals surface area contributed by atoms with Gasteiger partial charge in [0.2, 0.25) is 0 Å². The van der Waals surface area contributed by atoms with Gasteiger partial charge in [0.25, 0.3) is 0 Å². The molecule has 1 unspecified atom stereocenters. The van der Waals surface area contributed by atoms with Crippen molar-refractivity contribution in [3.8, 4) is 6.07 Å². The van der Waals surface area contributed by atoms with Crippen LogP contribution in [0.25, 0.3) is 0 Å². The van der Waals surface area contributed by atoms with Crippen molar-refractivity contribution in [1.29, 1.82) is 5.26 Å². The van der Waals surface area contributed by atoms with Crippen molar-refractivity contribution in [2.24, 2.45) is 4.99 Å². The molecule has 0 saturated heterocycles. The first-order valence-electron chi connectivity index (χ1n) is 3.16. The van der Waals surface area contributed by atoms with Crippen LogP contribution in [0.2, 0.25) is 0 Å². The molecule has 0 spiro atoms. The van der Waals surface area contributed by atoms with Gasteiger partial charge in [-0.05, 0) is 18.6 Å². The summed E-state index contributed by atoms with van der Waals surface area (Å²) in [5.74, 6) is 0. The fraction of sp³-hybridized carbons (Fsp3) is 0.250. The molecule has 0 aromatic carbocycles. The molecule has 0 aliphatic carbocycles. The second-order valence-electron chi connectivity index (χ2n) is 2.49. The molecule has 0 amide bonds. The van der Waals surface area contributed by atoms with E-state index in [9.17, 15) is 5.11 Å². The van der Waals surface area contributed by atoms with Gasteiger partial charge in [0, 0.05) is 0 Å². The van der Waals surface area contributed by atoms with E-state index in [0.29, 0.717) is 5.57 Å². The van der Waals surface area contributed by atoms with Crippen molar-refractivity contribution in [3.05, 3.63) is 24.3 Å². The maximum absolute atomic E-state index is 9.46. The van der Waals surface area contributed by atoms with Gasteiger partial charge >= 0.3 is 0 Å². The highest BCUT2D eigenvalue weighted by molar-refractivity contribution is 6.08. The third kappa shape index (κ3) is 1.36. The number of hydrogen-bond acceptors (Lipinski definition) is 3. The number of rotatable bonds is 0. The first-order valence-corrected chi connectivity index (χ1v) is 3.16. The van der Waals surface area contributed by atoms with Crippen LogP contribution in [0.15, 0.2) is 29.3 Å². The quantitative estimate of drug-likeness (QED) is 0.552. The first kappa shape index (κ1) is 7.70. The molecule has 0 aromatic heterocycles. The third-order valence-corrected chi connectivity index (χ3v) is 1.50. The highest BCUT2D eigenvalue weighted by Gasteiger charge is 2.24. The van der Waals surface area contributed by atoms with Crippen LogP contribution in [0.1, 0.15) is 6.92 Å². The molecule has 3 nitrogen and oxygen atoms in total. The summed E-state index contributed by atoms with van der Waals surface area (Å²) in [6.45, 7) is 5.08. The number of nitrogens with zero attached hydrogens (tertiary/aromatic N) is 2. The SMILES string of the molecule is C=C1C=CC(C#N)=NC1(C)O. The van der Waals surface area contributed by atoms with E-state index >= 15 is 0 Å². The average Bonchev–Trinajstić information content (AvgIpc) is 1.95. The van der Waals surface area contributed by atoms with Crippen molar-refractivity contribution in [2.75, 3.05) is 0 Å². The summed E-state index contributed by atoms with van der Waals surface area (Å²) in [6, 6.07) is 1.84. The summed E-state index contributed by atoms with van der Waals surface area (Å²) >= 11 is 0. The lowest BCUT2D eigenvalue weighted by Crippen LogP contribution is -2.26.